The van der Waals surface area contributed by atoms with Crippen LogP contribution in [0.15, 0.2) is 200 Å². The fourth-order valence-electron chi connectivity index (χ4n) is 8.38. The normalized spacial score (nSPS) is 11.8. The summed E-state index contributed by atoms with van der Waals surface area (Å²) in [5.74, 6) is 0. The Balaban J connectivity index is 1.30. The Labute approximate surface area is 306 Å². The third-order valence-corrected chi connectivity index (χ3v) is 10.8. The minimum absolute atomic E-state index is 1.11. The Morgan fingerprint density at radius 1 is 0.226 bits per heavy atom. The first kappa shape index (κ1) is 29.6. The highest BCUT2D eigenvalue weighted by Crippen LogP contribution is 2.35. The highest BCUT2D eigenvalue weighted by atomic mass is 15.0. The number of rotatable bonds is 3. The summed E-state index contributed by atoms with van der Waals surface area (Å²) in [6, 6.07) is 73.2. The summed E-state index contributed by atoms with van der Waals surface area (Å²) >= 11 is 0. The molecule has 3 nitrogen and oxygen atoms in total. The van der Waals surface area contributed by atoms with Gasteiger partial charge in [-0.1, -0.05) is 103 Å². The van der Waals surface area contributed by atoms with Gasteiger partial charge in [-0.15, -0.1) is 0 Å². The lowest BCUT2D eigenvalue weighted by molar-refractivity contribution is 1.15. The molecule has 0 aliphatic rings. The second kappa shape index (κ2) is 11.7. The van der Waals surface area contributed by atoms with Crippen LogP contribution in [0.4, 0.5) is 0 Å². The molecular formula is C50H33N3. The second-order valence-electron chi connectivity index (χ2n) is 13.9. The standard InChI is InChI=1S/C50H33N3/c1-3-13-38(14-4-1)51-40-17-9-11-36(29-40)37-12-10-18-41(30-37)52(43-26-24-35-22-21-34-23-25-42(51)31-46(34)47(35)32-43)44-27-28-50-48(33-44)45-19-7-8-20-49(45)53(50)39-15-5-2-6-16-39/h1-33H. The monoisotopic (exact) mass is 675 g/mol. The minimum atomic E-state index is 1.11. The van der Waals surface area contributed by atoms with Crippen molar-refractivity contribution in [2.75, 3.05) is 0 Å². The van der Waals surface area contributed by atoms with Crippen molar-refractivity contribution < 1.29 is 0 Å². The highest BCUT2D eigenvalue weighted by molar-refractivity contribution is 6.11. The van der Waals surface area contributed by atoms with Gasteiger partial charge in [-0.2, -0.15) is 0 Å². The van der Waals surface area contributed by atoms with E-state index >= 15 is 0 Å². The first-order valence-electron chi connectivity index (χ1n) is 18.2. The van der Waals surface area contributed by atoms with E-state index in [4.69, 9.17) is 0 Å². The third kappa shape index (κ3) is 4.75. The predicted molar refractivity (Wildman–Crippen MR) is 225 cm³/mol. The molecule has 8 bridgehead atoms. The first-order valence-corrected chi connectivity index (χ1v) is 18.2. The molecule has 0 atom stereocenters. The zero-order valence-electron chi connectivity index (χ0n) is 28.9. The fraction of sp³-hybridized carbons (Fsp3) is 0. The van der Waals surface area contributed by atoms with Gasteiger partial charge in [0.1, 0.15) is 0 Å². The van der Waals surface area contributed by atoms with E-state index < -0.39 is 0 Å². The van der Waals surface area contributed by atoms with Gasteiger partial charge in [0.05, 0.1) is 11.0 Å². The highest BCUT2D eigenvalue weighted by Gasteiger charge is 2.14. The summed E-state index contributed by atoms with van der Waals surface area (Å²) < 4.78 is 7.17. The maximum absolute atomic E-state index is 2.42. The van der Waals surface area contributed by atoms with Gasteiger partial charge in [0.25, 0.3) is 0 Å². The van der Waals surface area contributed by atoms with Crippen molar-refractivity contribution in [3.05, 3.63) is 200 Å². The Kier molecular flexibility index (Phi) is 6.55. The average Bonchev–Trinajstić information content (AvgIpc) is 3.55. The molecule has 0 N–H and O–H groups in total. The van der Waals surface area contributed by atoms with Gasteiger partial charge in [-0.25, -0.2) is 0 Å². The van der Waals surface area contributed by atoms with E-state index in [0.29, 0.717) is 0 Å². The molecule has 11 rings (SSSR count). The summed E-state index contributed by atoms with van der Waals surface area (Å²) in [6.07, 6.45) is 0. The van der Waals surface area contributed by atoms with Crippen LogP contribution < -0.4 is 0 Å². The van der Waals surface area contributed by atoms with Crippen LogP contribution in [0.25, 0.3) is 93.3 Å². The minimum Gasteiger partial charge on any atom is -0.310 e. The summed E-state index contributed by atoms with van der Waals surface area (Å²) in [5, 5.41) is 9.68. The molecule has 0 spiro atoms. The van der Waals surface area contributed by atoms with Crippen LogP contribution in [0.1, 0.15) is 0 Å². The van der Waals surface area contributed by atoms with Crippen molar-refractivity contribution in [1.82, 2.24) is 13.7 Å². The van der Waals surface area contributed by atoms with Crippen molar-refractivity contribution in [3.8, 4) is 17.1 Å². The van der Waals surface area contributed by atoms with E-state index in [1.807, 2.05) is 0 Å². The Bertz CT molecular complexity index is 3270. The molecule has 0 saturated heterocycles. The number of fused-ring (bicyclic) bond motifs is 10. The van der Waals surface area contributed by atoms with Crippen LogP contribution in [0.5, 0.6) is 0 Å². The molecule has 0 amide bonds. The zero-order chi connectivity index (χ0) is 34.9. The SMILES string of the molecule is c1ccc(-n2c3cccc(c3)c3cccc(c3)n(-c3ccc4c(c3)c3ccccc3n4-c3ccccc3)c3ccc4ccc5ccc2cc5c4c3)cc1. The van der Waals surface area contributed by atoms with Gasteiger partial charge >= 0.3 is 0 Å². The maximum Gasteiger partial charge on any atom is 0.0542 e. The lowest BCUT2D eigenvalue weighted by atomic mass is 10.0. The number of para-hydroxylation sites is 3. The third-order valence-electron chi connectivity index (χ3n) is 10.8. The summed E-state index contributed by atoms with van der Waals surface area (Å²) in [6.45, 7) is 0. The summed E-state index contributed by atoms with van der Waals surface area (Å²) in [4.78, 5) is 0. The summed E-state index contributed by atoms with van der Waals surface area (Å²) in [7, 11) is 0. The smallest absolute Gasteiger partial charge is 0.0542 e. The number of benzene rings is 9. The fourth-order valence-corrected chi connectivity index (χ4v) is 8.38. The number of aromatic nitrogens is 3. The molecular weight excluding hydrogens is 643 g/mol. The molecule has 0 unspecified atom stereocenters. The lowest BCUT2D eigenvalue weighted by Gasteiger charge is -2.15. The lowest BCUT2D eigenvalue weighted by Crippen LogP contribution is -1.98. The van der Waals surface area contributed by atoms with E-state index in [2.05, 4.69) is 214 Å². The van der Waals surface area contributed by atoms with Crippen molar-refractivity contribution in [1.29, 1.82) is 0 Å². The zero-order valence-corrected chi connectivity index (χ0v) is 28.9. The van der Waals surface area contributed by atoms with Crippen LogP contribution in [0.2, 0.25) is 0 Å². The van der Waals surface area contributed by atoms with Crippen LogP contribution in [-0.4, -0.2) is 13.7 Å². The van der Waals surface area contributed by atoms with Crippen molar-refractivity contribution in [2.24, 2.45) is 0 Å². The molecule has 2 aromatic heterocycles. The Morgan fingerprint density at radius 2 is 0.717 bits per heavy atom. The average molecular weight is 676 g/mol. The van der Waals surface area contributed by atoms with E-state index in [1.165, 1.54) is 48.7 Å². The molecule has 0 aliphatic heterocycles. The van der Waals surface area contributed by atoms with Gasteiger partial charge in [0.15, 0.2) is 0 Å². The molecule has 248 valence electrons. The molecule has 0 radical (unpaired) electrons. The van der Waals surface area contributed by atoms with Gasteiger partial charge in [-0.05, 0) is 129 Å². The Hall–Kier alpha value is -7.10. The van der Waals surface area contributed by atoms with E-state index in [1.54, 1.807) is 0 Å². The van der Waals surface area contributed by atoms with Crippen molar-refractivity contribution >= 4 is 76.2 Å². The Morgan fingerprint density at radius 3 is 1.34 bits per heavy atom. The van der Waals surface area contributed by atoms with Crippen molar-refractivity contribution in [2.45, 2.75) is 0 Å². The van der Waals surface area contributed by atoms with Crippen LogP contribution >= 0.6 is 0 Å². The van der Waals surface area contributed by atoms with Crippen molar-refractivity contribution in [3.63, 3.8) is 0 Å². The molecule has 0 aliphatic carbocycles. The van der Waals surface area contributed by atoms with Gasteiger partial charge in [0, 0.05) is 49.9 Å². The quantitative estimate of drug-likeness (QED) is 0.166. The van der Waals surface area contributed by atoms with E-state index in [9.17, 15) is 0 Å². The number of nitrogens with zero attached hydrogens (tertiary/aromatic N) is 3. The first-order chi connectivity index (χ1) is 26.3. The number of hydrogen-bond acceptors (Lipinski definition) is 0. The van der Waals surface area contributed by atoms with Crippen LogP contribution in [-0.2, 0) is 0 Å². The molecule has 0 saturated carbocycles. The van der Waals surface area contributed by atoms with Crippen LogP contribution in [0, 0.1) is 0 Å². The maximum atomic E-state index is 2.42. The van der Waals surface area contributed by atoms with Crippen LogP contribution in [0.3, 0.4) is 0 Å². The molecule has 0 fully saturated rings. The van der Waals surface area contributed by atoms with E-state index in [-0.39, 0.29) is 0 Å². The molecule has 9 aromatic carbocycles. The summed E-state index contributed by atoms with van der Waals surface area (Å²) in [5.41, 5.74) is 10.3. The van der Waals surface area contributed by atoms with Gasteiger partial charge < -0.3 is 13.7 Å². The van der Waals surface area contributed by atoms with Gasteiger partial charge in [-0.3, -0.25) is 0 Å². The van der Waals surface area contributed by atoms with E-state index in [0.717, 1.165) is 44.5 Å². The molecule has 2 heterocycles. The van der Waals surface area contributed by atoms with Gasteiger partial charge in [0.2, 0.25) is 0 Å². The molecule has 3 heteroatoms. The number of hydrogen-bond donors (Lipinski definition) is 0. The predicted octanol–water partition coefficient (Wildman–Crippen LogP) is 13.3. The molecule has 11 aromatic rings. The second-order valence-corrected chi connectivity index (χ2v) is 13.9. The largest absolute Gasteiger partial charge is 0.310 e. The molecule has 53 heavy (non-hydrogen) atoms. The topological polar surface area (TPSA) is 14.8 Å².